The topological polar surface area (TPSA) is 6.48 Å². The molecule has 0 spiro atoms. The summed E-state index contributed by atoms with van der Waals surface area (Å²) in [7, 11) is 0. The monoisotopic (exact) mass is 884 g/mol. The molecule has 0 fully saturated rings. The molecule has 2 aliphatic heterocycles. The maximum Gasteiger partial charge on any atom is 0.252 e. The van der Waals surface area contributed by atoms with Gasteiger partial charge in [0.1, 0.15) is 0 Å². The predicted octanol–water partition coefficient (Wildman–Crippen LogP) is 15.6. The smallest absolute Gasteiger partial charge is 0.252 e. The van der Waals surface area contributed by atoms with E-state index in [9.17, 15) is 0 Å². The summed E-state index contributed by atoms with van der Waals surface area (Å²) >= 11 is 0. The lowest BCUT2D eigenvalue weighted by atomic mass is 9.32. The van der Waals surface area contributed by atoms with E-state index in [1.165, 1.54) is 141 Å². The fraction of sp³-hybridized carbons (Fsp3) is 0.182. The largest absolute Gasteiger partial charge is 0.311 e. The minimum absolute atomic E-state index is 0.110. The minimum atomic E-state index is 0.110. The molecular formula is C66H53BN2. The van der Waals surface area contributed by atoms with Crippen LogP contribution in [0.15, 0.2) is 164 Å². The maximum atomic E-state index is 2.73. The first-order valence-electron chi connectivity index (χ1n) is 25.9. The molecule has 0 saturated carbocycles. The zero-order valence-corrected chi connectivity index (χ0v) is 39.6. The van der Waals surface area contributed by atoms with Gasteiger partial charge in [-0.15, -0.1) is 0 Å². The Bertz CT molecular complexity index is 3700. The standard InChI is InChI=1S/C66H53BN2/c1-3-44-46-20-7-5-18-40(46)36-60-65(44)68(42-32-34-56-52-26-11-9-22-48(52)50-24-13-15-28-54(50)58(56)38-42)62-30-17-31-63-64(62)67(60)61-37-41-19-6-8-21-47(41)45(4-2)66(61)69(63)43-33-35-57-53-27-12-10-23-49(53)51-25-14-16-29-55(51)59(57)39-43/h9-17,22-39H,3-8,18-21H2,1-2H3. The number of nitrogens with zero attached hydrogens (tertiary/aromatic N) is 2. The van der Waals surface area contributed by atoms with Crippen molar-refractivity contribution in [1.29, 1.82) is 0 Å². The number of aryl methyl sites for hydroxylation is 2. The number of anilines is 6. The van der Waals surface area contributed by atoms with E-state index in [2.05, 4.69) is 187 Å². The zero-order valence-electron chi connectivity index (χ0n) is 39.6. The number of fused-ring (bicyclic) bond motifs is 18. The van der Waals surface area contributed by atoms with Gasteiger partial charge in [0.05, 0.1) is 0 Å². The molecule has 0 amide bonds. The highest BCUT2D eigenvalue weighted by molar-refractivity contribution is 7.00. The summed E-state index contributed by atoms with van der Waals surface area (Å²) in [5.74, 6) is 0. The summed E-state index contributed by atoms with van der Waals surface area (Å²) in [6.45, 7) is 4.95. The Labute approximate surface area is 404 Å². The van der Waals surface area contributed by atoms with Crippen LogP contribution in [0, 0.1) is 0 Å². The number of hydrogen-bond donors (Lipinski definition) is 0. The highest BCUT2D eigenvalue weighted by Crippen LogP contribution is 2.50. The van der Waals surface area contributed by atoms with E-state index in [1.54, 1.807) is 33.4 Å². The molecule has 0 aromatic heterocycles. The van der Waals surface area contributed by atoms with E-state index in [4.69, 9.17) is 0 Å². The molecule has 15 rings (SSSR count). The van der Waals surface area contributed by atoms with Crippen molar-refractivity contribution in [3.63, 3.8) is 0 Å². The van der Waals surface area contributed by atoms with Crippen molar-refractivity contribution in [3.05, 3.63) is 197 Å². The van der Waals surface area contributed by atoms with E-state index >= 15 is 0 Å². The number of hydrogen-bond acceptors (Lipinski definition) is 2. The van der Waals surface area contributed by atoms with Gasteiger partial charge in [-0.2, -0.15) is 0 Å². The fourth-order valence-corrected chi connectivity index (χ4v) is 14.3. The van der Waals surface area contributed by atoms with Crippen LogP contribution in [0.25, 0.3) is 64.6 Å². The molecule has 0 N–H and O–H groups in total. The molecule has 0 radical (unpaired) electrons. The first kappa shape index (κ1) is 39.6. The van der Waals surface area contributed by atoms with Gasteiger partial charge in [0, 0.05) is 34.1 Å². The maximum absolute atomic E-state index is 2.73. The Morgan fingerprint density at radius 2 is 0.710 bits per heavy atom. The molecule has 0 unspecified atom stereocenters. The van der Waals surface area contributed by atoms with Crippen molar-refractivity contribution in [2.75, 3.05) is 9.80 Å². The van der Waals surface area contributed by atoms with Gasteiger partial charge in [-0.25, -0.2) is 0 Å². The number of rotatable bonds is 4. The van der Waals surface area contributed by atoms with Crippen molar-refractivity contribution >= 4 is 122 Å². The molecule has 11 aromatic rings. The first-order valence-corrected chi connectivity index (χ1v) is 25.9. The van der Waals surface area contributed by atoms with Gasteiger partial charge in [0.15, 0.2) is 0 Å². The highest BCUT2D eigenvalue weighted by Gasteiger charge is 2.46. The molecule has 3 heteroatoms. The third-order valence-electron chi connectivity index (χ3n) is 17.1. The van der Waals surface area contributed by atoms with Crippen LogP contribution in [0.2, 0.25) is 0 Å². The molecule has 11 aromatic carbocycles. The third-order valence-corrected chi connectivity index (χ3v) is 17.1. The van der Waals surface area contributed by atoms with E-state index in [0.717, 1.165) is 38.5 Å². The Balaban J connectivity index is 1.06. The summed E-state index contributed by atoms with van der Waals surface area (Å²) in [6.07, 6.45) is 11.7. The van der Waals surface area contributed by atoms with Crippen LogP contribution < -0.4 is 26.2 Å². The van der Waals surface area contributed by atoms with E-state index < -0.39 is 0 Å². The van der Waals surface area contributed by atoms with Crippen LogP contribution in [0.5, 0.6) is 0 Å². The summed E-state index contributed by atoms with van der Waals surface area (Å²) in [6, 6.07) is 63.6. The van der Waals surface area contributed by atoms with E-state index in [1.807, 2.05) is 0 Å². The molecule has 330 valence electrons. The normalized spacial score (nSPS) is 15.0. The summed E-state index contributed by atoms with van der Waals surface area (Å²) in [4.78, 5) is 5.45. The fourth-order valence-electron chi connectivity index (χ4n) is 14.3. The Hall–Kier alpha value is -7.36. The summed E-state index contributed by atoms with van der Waals surface area (Å²) in [5, 5.41) is 15.8. The molecule has 4 aliphatic rings. The summed E-state index contributed by atoms with van der Waals surface area (Å²) in [5.41, 5.74) is 21.8. The lowest BCUT2D eigenvalue weighted by Gasteiger charge is -2.46. The lowest BCUT2D eigenvalue weighted by Crippen LogP contribution is -2.62. The van der Waals surface area contributed by atoms with Crippen molar-refractivity contribution < 1.29 is 0 Å². The van der Waals surface area contributed by atoms with Gasteiger partial charge in [0.25, 0.3) is 6.71 Å². The average Bonchev–Trinajstić information content (AvgIpc) is 3.41. The van der Waals surface area contributed by atoms with Crippen LogP contribution in [0.1, 0.15) is 72.9 Å². The van der Waals surface area contributed by atoms with Crippen molar-refractivity contribution in [3.8, 4) is 0 Å². The van der Waals surface area contributed by atoms with Gasteiger partial charge < -0.3 is 9.80 Å². The molecule has 0 atom stereocenters. The SMILES string of the molecule is CCc1c2c(cc3c1N(c1ccc4c5ccccc5c5ccccc5c4c1)c1cccc4c1B3c1cc3c(c(CC)c1N4c1ccc4c5ccccc5c5ccccc5c4c1)CCCC3)CCCC2. The Morgan fingerprint density at radius 1 is 0.362 bits per heavy atom. The van der Waals surface area contributed by atoms with Crippen LogP contribution in [0.4, 0.5) is 34.1 Å². The molecular weight excluding hydrogens is 832 g/mol. The second-order valence-corrected chi connectivity index (χ2v) is 20.4. The quantitative estimate of drug-likeness (QED) is 0.128. The Kier molecular flexibility index (Phi) is 8.65. The first-order chi connectivity index (χ1) is 34.2. The second kappa shape index (κ2) is 15.1. The molecule has 69 heavy (non-hydrogen) atoms. The second-order valence-electron chi connectivity index (χ2n) is 20.4. The molecule has 0 bridgehead atoms. The molecule has 2 heterocycles. The molecule has 2 nitrogen and oxygen atoms in total. The van der Waals surface area contributed by atoms with Crippen molar-refractivity contribution in [2.24, 2.45) is 0 Å². The van der Waals surface area contributed by atoms with Crippen molar-refractivity contribution in [1.82, 2.24) is 0 Å². The van der Waals surface area contributed by atoms with Crippen LogP contribution in [-0.2, 0) is 38.5 Å². The predicted molar refractivity (Wildman–Crippen MR) is 298 cm³/mol. The van der Waals surface area contributed by atoms with Gasteiger partial charge >= 0.3 is 0 Å². The van der Waals surface area contributed by atoms with Gasteiger partial charge in [0.2, 0.25) is 0 Å². The van der Waals surface area contributed by atoms with Crippen LogP contribution >= 0.6 is 0 Å². The van der Waals surface area contributed by atoms with E-state index in [-0.39, 0.29) is 6.71 Å². The van der Waals surface area contributed by atoms with Crippen LogP contribution in [-0.4, -0.2) is 6.71 Å². The zero-order chi connectivity index (χ0) is 45.5. The molecule has 2 aliphatic carbocycles. The van der Waals surface area contributed by atoms with Gasteiger partial charge in [-0.1, -0.05) is 141 Å². The highest BCUT2D eigenvalue weighted by atomic mass is 15.2. The van der Waals surface area contributed by atoms with E-state index in [0.29, 0.717) is 0 Å². The van der Waals surface area contributed by atoms with Gasteiger partial charge in [-0.3, -0.25) is 0 Å². The lowest BCUT2D eigenvalue weighted by molar-refractivity contribution is 0.679. The Morgan fingerprint density at radius 3 is 1.09 bits per heavy atom. The third kappa shape index (κ3) is 5.51. The summed E-state index contributed by atoms with van der Waals surface area (Å²) < 4.78 is 0. The number of benzene rings is 11. The minimum Gasteiger partial charge on any atom is -0.311 e. The molecule has 0 saturated heterocycles. The van der Waals surface area contributed by atoms with Gasteiger partial charge in [-0.05, 0) is 215 Å². The van der Waals surface area contributed by atoms with Crippen LogP contribution in [0.3, 0.4) is 0 Å². The van der Waals surface area contributed by atoms with Crippen molar-refractivity contribution in [2.45, 2.75) is 78.1 Å². The average molecular weight is 885 g/mol.